The third kappa shape index (κ3) is 5.58. The lowest BCUT2D eigenvalue weighted by atomic mass is 9.79. The summed E-state index contributed by atoms with van der Waals surface area (Å²) in [4.78, 5) is 62.5. The molecule has 2 saturated heterocycles. The van der Waals surface area contributed by atoms with Gasteiger partial charge in [-0.3, -0.25) is 19.3 Å². The average Bonchev–Trinajstić information content (AvgIpc) is 3.44. The van der Waals surface area contributed by atoms with E-state index in [0.717, 1.165) is 22.3 Å². The molecule has 2 atom stereocenters. The number of ether oxygens (including phenoxy) is 3. The predicted octanol–water partition coefficient (Wildman–Crippen LogP) is 3.62. The van der Waals surface area contributed by atoms with Gasteiger partial charge in [0.1, 0.15) is 18.0 Å². The van der Waals surface area contributed by atoms with Crippen LogP contribution in [0.5, 0.6) is 0 Å². The van der Waals surface area contributed by atoms with Crippen molar-refractivity contribution in [3.63, 3.8) is 0 Å². The molecule has 4 heterocycles. The molecule has 2 aromatic carbocycles. The number of carbonyl (C=O) groups is 4. The number of anilines is 2. The van der Waals surface area contributed by atoms with Crippen molar-refractivity contribution in [2.75, 3.05) is 50.2 Å². The van der Waals surface area contributed by atoms with Crippen LogP contribution in [0.4, 0.5) is 16.3 Å². The number of pyridine rings is 1. The Labute approximate surface area is 278 Å². The number of benzene rings is 2. The lowest BCUT2D eigenvalue weighted by Crippen LogP contribution is -2.72. The zero-order valence-electron chi connectivity index (χ0n) is 27.3. The van der Waals surface area contributed by atoms with Gasteiger partial charge in [0.15, 0.2) is 5.54 Å². The van der Waals surface area contributed by atoms with Crippen molar-refractivity contribution in [1.29, 1.82) is 0 Å². The number of rotatable bonds is 4. The summed E-state index contributed by atoms with van der Waals surface area (Å²) in [5.74, 6) is -0.341. The van der Waals surface area contributed by atoms with E-state index in [1.807, 2.05) is 60.7 Å². The Hall–Kier alpha value is -4.81. The second-order valence-electron chi connectivity index (χ2n) is 13.9. The minimum atomic E-state index is -1.51. The molecule has 7 rings (SSSR count). The van der Waals surface area contributed by atoms with Gasteiger partial charge < -0.3 is 29.7 Å². The maximum absolute atomic E-state index is 14.6. The number of piperazine rings is 1. The van der Waals surface area contributed by atoms with Gasteiger partial charge in [-0.15, -0.1) is 0 Å². The molecule has 0 saturated carbocycles. The molecular formula is C36H39N5O7. The van der Waals surface area contributed by atoms with E-state index in [1.165, 1.54) is 9.80 Å². The van der Waals surface area contributed by atoms with E-state index in [-0.39, 0.29) is 45.4 Å². The van der Waals surface area contributed by atoms with Gasteiger partial charge in [0.05, 0.1) is 37.9 Å². The number of amides is 4. The Morgan fingerprint density at radius 3 is 2.46 bits per heavy atom. The van der Waals surface area contributed by atoms with Gasteiger partial charge in [0, 0.05) is 24.0 Å². The van der Waals surface area contributed by atoms with Gasteiger partial charge in [-0.05, 0) is 68.5 Å². The normalized spacial score (nSPS) is 23.0. The molecule has 0 radical (unpaired) electrons. The molecule has 3 aromatic rings. The van der Waals surface area contributed by atoms with Gasteiger partial charge in [0.25, 0.3) is 5.91 Å². The first-order chi connectivity index (χ1) is 23.0. The van der Waals surface area contributed by atoms with Crippen LogP contribution < -0.4 is 10.6 Å². The summed E-state index contributed by atoms with van der Waals surface area (Å²) >= 11 is 0. The summed E-state index contributed by atoms with van der Waals surface area (Å²) in [6.45, 7) is 5.46. The number of hydrogen-bond donors (Lipinski definition) is 2. The number of aromatic nitrogens is 1. The minimum Gasteiger partial charge on any atom is -0.444 e. The molecule has 12 heteroatoms. The molecule has 4 aliphatic rings. The largest absolute Gasteiger partial charge is 0.444 e. The highest BCUT2D eigenvalue weighted by Crippen LogP contribution is 2.47. The van der Waals surface area contributed by atoms with E-state index in [4.69, 9.17) is 14.2 Å². The fourth-order valence-corrected chi connectivity index (χ4v) is 7.30. The van der Waals surface area contributed by atoms with Gasteiger partial charge in [-0.1, -0.05) is 42.5 Å². The smallest absolute Gasteiger partial charge is 0.411 e. The van der Waals surface area contributed by atoms with Gasteiger partial charge >= 0.3 is 6.09 Å². The second-order valence-corrected chi connectivity index (χ2v) is 13.9. The van der Waals surface area contributed by atoms with Gasteiger partial charge in [-0.25, -0.2) is 9.78 Å². The van der Waals surface area contributed by atoms with E-state index >= 15 is 0 Å². The van der Waals surface area contributed by atoms with Crippen LogP contribution in [0.15, 0.2) is 66.9 Å². The second kappa shape index (κ2) is 12.0. The molecule has 0 bridgehead atoms. The third-order valence-electron chi connectivity index (χ3n) is 9.54. The Balaban J connectivity index is 1.15. The number of nitrogens with zero attached hydrogens (tertiary/aromatic N) is 3. The highest BCUT2D eigenvalue weighted by atomic mass is 16.6. The molecule has 3 aliphatic heterocycles. The van der Waals surface area contributed by atoms with Crippen molar-refractivity contribution in [2.24, 2.45) is 0 Å². The van der Waals surface area contributed by atoms with Crippen LogP contribution in [-0.4, -0.2) is 89.3 Å². The first-order valence-electron chi connectivity index (χ1n) is 16.2. The highest BCUT2D eigenvalue weighted by Gasteiger charge is 2.57. The van der Waals surface area contributed by atoms with Crippen LogP contribution in [0, 0.1) is 0 Å². The summed E-state index contributed by atoms with van der Waals surface area (Å²) < 4.78 is 17.4. The minimum absolute atomic E-state index is 0.0734. The maximum Gasteiger partial charge on any atom is 0.411 e. The topological polar surface area (TPSA) is 139 Å². The third-order valence-corrected chi connectivity index (χ3v) is 9.54. The quantitative estimate of drug-likeness (QED) is 0.436. The van der Waals surface area contributed by atoms with E-state index in [2.05, 4.69) is 15.6 Å². The van der Waals surface area contributed by atoms with E-state index in [1.54, 1.807) is 27.0 Å². The molecule has 1 aromatic heterocycles. The van der Waals surface area contributed by atoms with E-state index in [0.29, 0.717) is 24.3 Å². The summed E-state index contributed by atoms with van der Waals surface area (Å²) in [6, 6.07) is 18.1. The molecule has 250 valence electrons. The summed E-state index contributed by atoms with van der Waals surface area (Å²) in [7, 11) is 0. The van der Waals surface area contributed by atoms with Crippen LogP contribution in [0.25, 0.3) is 0 Å². The standard InChI is InChI=1S/C36H39N5O7/c1-34(2,3)48-33(45)41-19-28(23-8-5-4-6-9-23)40(32(44)36(41)21-46-14-15-47-22-36)20-29(42)38-26-12-11-24-17-35(18-25(24)16-26)27-10-7-13-37-30(27)39-31(35)43/h4-13,16,28H,14-15,17-22H2,1-3H3,(H,38,42)(H,37,39,43). The lowest BCUT2D eigenvalue weighted by Gasteiger charge is -2.51. The Bertz CT molecular complexity index is 1770. The Morgan fingerprint density at radius 2 is 1.73 bits per heavy atom. The van der Waals surface area contributed by atoms with Crippen molar-refractivity contribution in [2.45, 2.75) is 56.2 Å². The first kappa shape index (κ1) is 31.8. The molecular weight excluding hydrogens is 614 g/mol. The van der Waals surface area contributed by atoms with Gasteiger partial charge in [0.2, 0.25) is 11.8 Å². The zero-order chi connectivity index (χ0) is 33.7. The molecule has 4 amide bonds. The van der Waals surface area contributed by atoms with E-state index < -0.39 is 40.5 Å². The molecule has 1 aliphatic carbocycles. The lowest BCUT2D eigenvalue weighted by molar-refractivity contribution is -0.165. The van der Waals surface area contributed by atoms with Crippen LogP contribution in [-0.2, 0) is 46.9 Å². The molecule has 12 nitrogen and oxygen atoms in total. The van der Waals surface area contributed by atoms with Crippen molar-refractivity contribution in [3.8, 4) is 0 Å². The summed E-state index contributed by atoms with van der Waals surface area (Å²) in [5.41, 5.74) is 1.17. The van der Waals surface area contributed by atoms with Crippen molar-refractivity contribution >= 4 is 35.3 Å². The van der Waals surface area contributed by atoms with Crippen LogP contribution in [0.3, 0.4) is 0 Å². The van der Waals surface area contributed by atoms with Gasteiger partial charge in [-0.2, -0.15) is 0 Å². The molecule has 48 heavy (non-hydrogen) atoms. The number of hydrogen-bond acceptors (Lipinski definition) is 8. The number of nitrogens with one attached hydrogen (secondary N) is 2. The average molecular weight is 654 g/mol. The van der Waals surface area contributed by atoms with Crippen LogP contribution in [0.1, 0.15) is 49.1 Å². The Morgan fingerprint density at radius 1 is 1.00 bits per heavy atom. The number of fused-ring (bicyclic) bond motifs is 3. The fraction of sp³-hybridized carbons (Fsp3) is 0.417. The number of carbonyl (C=O) groups excluding carboxylic acids is 4. The molecule has 2 unspecified atom stereocenters. The molecule has 2 spiro atoms. The first-order valence-corrected chi connectivity index (χ1v) is 16.2. The maximum atomic E-state index is 14.6. The molecule has 2 fully saturated rings. The highest BCUT2D eigenvalue weighted by molar-refractivity contribution is 6.06. The summed E-state index contributed by atoms with van der Waals surface area (Å²) in [6.07, 6.45) is 2.04. The van der Waals surface area contributed by atoms with Crippen LogP contribution >= 0.6 is 0 Å². The van der Waals surface area contributed by atoms with Crippen molar-refractivity contribution < 1.29 is 33.4 Å². The Kier molecular flexibility index (Phi) is 7.95. The predicted molar refractivity (Wildman–Crippen MR) is 175 cm³/mol. The molecule has 2 N–H and O–H groups in total. The van der Waals surface area contributed by atoms with Crippen molar-refractivity contribution in [3.05, 3.63) is 89.1 Å². The van der Waals surface area contributed by atoms with Crippen molar-refractivity contribution in [1.82, 2.24) is 14.8 Å². The fourth-order valence-electron chi connectivity index (χ4n) is 7.30. The van der Waals surface area contributed by atoms with Crippen LogP contribution in [0.2, 0.25) is 0 Å². The van der Waals surface area contributed by atoms with E-state index in [9.17, 15) is 19.2 Å². The SMILES string of the molecule is CC(C)(C)OC(=O)N1CC(c2ccccc2)N(CC(=O)Nc2ccc3c(c2)CC2(C3)C(=O)Nc3ncccc32)C(=O)C12COCCOC2. The monoisotopic (exact) mass is 653 g/mol. The summed E-state index contributed by atoms with van der Waals surface area (Å²) in [5, 5.41) is 5.90. The zero-order valence-corrected chi connectivity index (χ0v) is 27.3.